The lowest BCUT2D eigenvalue weighted by Crippen LogP contribution is -2.13. The van der Waals surface area contributed by atoms with Gasteiger partial charge in [0.05, 0.1) is 22.7 Å². The van der Waals surface area contributed by atoms with Crippen LogP contribution >= 0.6 is 0 Å². The molecule has 0 aliphatic carbocycles. The topological polar surface area (TPSA) is 68.3 Å². The number of nitrogens with zero attached hydrogens (tertiary/aromatic N) is 1. The van der Waals surface area contributed by atoms with Crippen molar-refractivity contribution < 1.29 is 13.2 Å². The Morgan fingerprint density at radius 2 is 1.88 bits per heavy atom. The molecule has 3 rings (SSSR count). The third-order valence-corrected chi connectivity index (χ3v) is 4.92. The molecule has 1 aromatic heterocycles. The number of benzene rings is 2. The van der Waals surface area contributed by atoms with Crippen molar-refractivity contribution in [2.24, 2.45) is 0 Å². The van der Waals surface area contributed by atoms with E-state index >= 15 is 0 Å². The van der Waals surface area contributed by atoms with Crippen LogP contribution in [0.1, 0.15) is 12.5 Å². The first-order valence-electron chi connectivity index (χ1n) is 7.60. The molecule has 3 aromatic rings. The zero-order valence-corrected chi connectivity index (χ0v) is 14.3. The molecule has 2 aromatic carbocycles. The van der Waals surface area contributed by atoms with Gasteiger partial charge in [-0.15, -0.1) is 0 Å². The summed E-state index contributed by atoms with van der Waals surface area (Å²) in [6.07, 6.45) is 1.65. The minimum absolute atomic E-state index is 0.177. The Labute approximate surface area is 141 Å². The van der Waals surface area contributed by atoms with Crippen molar-refractivity contribution >= 4 is 26.6 Å². The van der Waals surface area contributed by atoms with E-state index in [2.05, 4.69) is 9.71 Å². The summed E-state index contributed by atoms with van der Waals surface area (Å²) in [6, 6.07) is 13.8. The Balaban J connectivity index is 1.97. The van der Waals surface area contributed by atoms with E-state index in [1.54, 1.807) is 24.4 Å². The number of pyridine rings is 1. The van der Waals surface area contributed by atoms with Gasteiger partial charge in [0.15, 0.2) is 0 Å². The van der Waals surface area contributed by atoms with Crippen molar-refractivity contribution in [2.45, 2.75) is 18.7 Å². The Morgan fingerprint density at radius 3 is 2.58 bits per heavy atom. The summed E-state index contributed by atoms with van der Waals surface area (Å²) in [5.74, 6) is 0.638. The average molecular weight is 342 g/mol. The van der Waals surface area contributed by atoms with Crippen molar-refractivity contribution in [1.29, 1.82) is 0 Å². The maximum absolute atomic E-state index is 12.6. The van der Waals surface area contributed by atoms with Crippen molar-refractivity contribution in [3.63, 3.8) is 0 Å². The third kappa shape index (κ3) is 3.33. The largest absolute Gasteiger partial charge is 0.494 e. The molecular weight excluding hydrogens is 324 g/mol. The number of nitrogens with one attached hydrogen (secondary N) is 1. The Kier molecular flexibility index (Phi) is 4.40. The van der Waals surface area contributed by atoms with E-state index in [1.807, 2.05) is 32.0 Å². The number of sulfonamides is 1. The summed E-state index contributed by atoms with van der Waals surface area (Å²) in [4.78, 5) is 4.47. The van der Waals surface area contributed by atoms with Crippen molar-refractivity contribution in [3.8, 4) is 5.75 Å². The van der Waals surface area contributed by atoms with E-state index in [1.165, 1.54) is 12.1 Å². The normalized spacial score (nSPS) is 11.4. The lowest BCUT2D eigenvalue weighted by Gasteiger charge is -2.12. The molecule has 1 N–H and O–H groups in total. The number of aromatic nitrogens is 1. The van der Waals surface area contributed by atoms with Gasteiger partial charge in [0.1, 0.15) is 5.75 Å². The highest BCUT2D eigenvalue weighted by atomic mass is 32.2. The van der Waals surface area contributed by atoms with E-state index in [0.717, 1.165) is 10.9 Å². The molecule has 24 heavy (non-hydrogen) atoms. The van der Waals surface area contributed by atoms with Gasteiger partial charge >= 0.3 is 0 Å². The van der Waals surface area contributed by atoms with Crippen LogP contribution in [0.2, 0.25) is 0 Å². The molecule has 0 unspecified atom stereocenters. The van der Waals surface area contributed by atoms with E-state index < -0.39 is 10.0 Å². The molecule has 0 amide bonds. The second-order valence-corrected chi connectivity index (χ2v) is 7.08. The predicted molar refractivity (Wildman–Crippen MR) is 94.9 cm³/mol. The number of fused-ring (bicyclic) bond motifs is 1. The van der Waals surface area contributed by atoms with Gasteiger partial charge in [0, 0.05) is 11.6 Å². The van der Waals surface area contributed by atoms with E-state index in [4.69, 9.17) is 4.74 Å². The van der Waals surface area contributed by atoms with Crippen LogP contribution in [-0.4, -0.2) is 20.0 Å². The molecule has 124 valence electrons. The quantitative estimate of drug-likeness (QED) is 0.767. The maximum atomic E-state index is 12.6. The van der Waals surface area contributed by atoms with Gasteiger partial charge in [-0.3, -0.25) is 9.71 Å². The van der Waals surface area contributed by atoms with Crippen LogP contribution in [0.15, 0.2) is 59.6 Å². The maximum Gasteiger partial charge on any atom is 0.261 e. The Bertz CT molecular complexity index is 967. The van der Waals surface area contributed by atoms with E-state index in [0.29, 0.717) is 23.6 Å². The van der Waals surface area contributed by atoms with Gasteiger partial charge in [0.25, 0.3) is 10.0 Å². The lowest BCUT2D eigenvalue weighted by atomic mass is 10.1. The summed E-state index contributed by atoms with van der Waals surface area (Å²) in [5, 5.41) is 0.891. The van der Waals surface area contributed by atoms with Gasteiger partial charge in [-0.1, -0.05) is 6.07 Å². The first kappa shape index (κ1) is 16.3. The molecule has 0 radical (unpaired) electrons. The SMILES string of the molecule is CCOc1ccc(S(=O)(=O)Nc2cc(C)cc3cccnc23)cc1. The number of anilines is 1. The summed E-state index contributed by atoms with van der Waals surface area (Å²) in [6.45, 7) is 4.33. The summed E-state index contributed by atoms with van der Waals surface area (Å²) >= 11 is 0. The fourth-order valence-corrected chi connectivity index (χ4v) is 3.56. The first-order chi connectivity index (χ1) is 11.5. The Morgan fingerprint density at radius 1 is 1.12 bits per heavy atom. The van der Waals surface area contributed by atoms with Crippen LogP contribution in [0.3, 0.4) is 0 Å². The zero-order valence-electron chi connectivity index (χ0n) is 13.5. The lowest BCUT2D eigenvalue weighted by molar-refractivity contribution is 0.340. The van der Waals surface area contributed by atoms with Gasteiger partial charge < -0.3 is 4.74 Å². The van der Waals surface area contributed by atoms with Crippen LogP contribution < -0.4 is 9.46 Å². The molecular formula is C18H18N2O3S. The monoisotopic (exact) mass is 342 g/mol. The van der Waals surface area contributed by atoms with Crippen LogP contribution in [0, 0.1) is 6.92 Å². The molecule has 0 fully saturated rings. The number of hydrogen-bond donors (Lipinski definition) is 1. The molecule has 5 nitrogen and oxygen atoms in total. The molecule has 0 aliphatic heterocycles. The van der Waals surface area contributed by atoms with Crippen molar-refractivity contribution in [2.75, 3.05) is 11.3 Å². The van der Waals surface area contributed by atoms with Crippen LogP contribution in [-0.2, 0) is 10.0 Å². The van der Waals surface area contributed by atoms with Crippen LogP contribution in [0.5, 0.6) is 5.75 Å². The molecule has 0 saturated heterocycles. The predicted octanol–water partition coefficient (Wildman–Crippen LogP) is 3.74. The summed E-state index contributed by atoms with van der Waals surface area (Å²) < 4.78 is 33.3. The molecule has 0 aliphatic rings. The highest BCUT2D eigenvalue weighted by Crippen LogP contribution is 2.26. The number of aryl methyl sites for hydroxylation is 1. The standard InChI is InChI=1S/C18H18N2O3S/c1-3-23-15-6-8-16(9-7-15)24(21,22)20-17-12-13(2)11-14-5-4-10-19-18(14)17/h4-12,20H,3H2,1-2H3. The van der Waals surface area contributed by atoms with Gasteiger partial charge in [-0.2, -0.15) is 0 Å². The van der Waals surface area contributed by atoms with Gasteiger partial charge in [0.2, 0.25) is 0 Å². The summed E-state index contributed by atoms with van der Waals surface area (Å²) in [5.41, 5.74) is 2.05. The molecule has 1 heterocycles. The van der Waals surface area contributed by atoms with Crippen LogP contribution in [0.25, 0.3) is 10.9 Å². The minimum atomic E-state index is -3.70. The summed E-state index contributed by atoms with van der Waals surface area (Å²) in [7, 11) is -3.70. The number of hydrogen-bond acceptors (Lipinski definition) is 4. The average Bonchev–Trinajstić information content (AvgIpc) is 2.55. The van der Waals surface area contributed by atoms with Crippen LogP contribution in [0.4, 0.5) is 5.69 Å². The number of rotatable bonds is 5. The second kappa shape index (κ2) is 6.49. The third-order valence-electron chi connectivity index (χ3n) is 3.54. The van der Waals surface area contributed by atoms with Gasteiger partial charge in [-0.25, -0.2) is 8.42 Å². The second-order valence-electron chi connectivity index (χ2n) is 5.40. The molecule has 0 bridgehead atoms. The first-order valence-corrected chi connectivity index (χ1v) is 9.09. The van der Waals surface area contributed by atoms with E-state index in [-0.39, 0.29) is 4.90 Å². The Hall–Kier alpha value is -2.60. The van der Waals surface area contributed by atoms with E-state index in [9.17, 15) is 8.42 Å². The van der Waals surface area contributed by atoms with Crippen molar-refractivity contribution in [3.05, 3.63) is 60.3 Å². The fourth-order valence-electron chi connectivity index (χ4n) is 2.51. The minimum Gasteiger partial charge on any atom is -0.494 e. The molecule has 0 atom stereocenters. The zero-order chi connectivity index (χ0) is 17.2. The van der Waals surface area contributed by atoms with Crippen molar-refractivity contribution in [1.82, 2.24) is 4.98 Å². The van der Waals surface area contributed by atoms with Gasteiger partial charge in [-0.05, 0) is 61.9 Å². The highest BCUT2D eigenvalue weighted by Gasteiger charge is 2.16. The smallest absolute Gasteiger partial charge is 0.261 e. The highest BCUT2D eigenvalue weighted by molar-refractivity contribution is 7.92. The molecule has 0 spiro atoms. The molecule has 6 heteroatoms. The fraction of sp³-hybridized carbons (Fsp3) is 0.167. The number of ether oxygens (including phenoxy) is 1. The molecule has 0 saturated carbocycles.